The summed E-state index contributed by atoms with van der Waals surface area (Å²) in [4.78, 5) is 16.4. The number of nitrogen functional groups attached to an aromatic ring is 1. The smallest absolute Gasteiger partial charge is 0.270 e. The van der Waals surface area contributed by atoms with Crippen LogP contribution in [0.1, 0.15) is 29.8 Å². The molecule has 2 bridgehead atoms. The molecular formula is C14H18N4O. The zero-order valence-corrected chi connectivity index (χ0v) is 10.7. The average Bonchev–Trinajstić information content (AvgIpc) is 2.85. The van der Waals surface area contributed by atoms with Crippen molar-refractivity contribution in [2.75, 3.05) is 5.43 Å². The van der Waals surface area contributed by atoms with Crippen molar-refractivity contribution in [3.8, 4) is 0 Å². The molecule has 3 aliphatic rings. The highest BCUT2D eigenvalue weighted by Crippen LogP contribution is 2.65. The Morgan fingerprint density at radius 3 is 2.68 bits per heavy atom. The first-order chi connectivity index (χ1) is 9.28. The molecule has 1 aromatic rings. The van der Waals surface area contributed by atoms with E-state index in [9.17, 15) is 4.79 Å². The number of nitrogens with zero attached hydrogens (tertiary/aromatic N) is 1. The van der Waals surface area contributed by atoms with Gasteiger partial charge in [-0.25, -0.2) is 10.8 Å². The van der Waals surface area contributed by atoms with E-state index < -0.39 is 0 Å². The Kier molecular flexibility index (Phi) is 2.33. The number of hydrogen-bond donors (Lipinski definition) is 3. The summed E-state index contributed by atoms with van der Waals surface area (Å²) in [7, 11) is 0. The summed E-state index contributed by atoms with van der Waals surface area (Å²) in [5.74, 6) is 8.98. The van der Waals surface area contributed by atoms with Gasteiger partial charge in [0.25, 0.3) is 5.91 Å². The molecule has 3 fully saturated rings. The molecule has 100 valence electrons. The lowest BCUT2D eigenvalue weighted by molar-refractivity contribution is 0.0939. The SMILES string of the molecule is NNc1cccc(C(=O)NC2C3C4CCC(C4)C23)n1. The Bertz CT molecular complexity index is 516. The molecule has 1 heterocycles. The van der Waals surface area contributed by atoms with Crippen molar-refractivity contribution in [2.24, 2.45) is 29.5 Å². The lowest BCUT2D eigenvalue weighted by atomic mass is 10.0. The van der Waals surface area contributed by atoms with Crippen LogP contribution in [-0.2, 0) is 0 Å². The van der Waals surface area contributed by atoms with E-state index in [0.717, 1.165) is 23.7 Å². The second kappa shape index (κ2) is 3.93. The van der Waals surface area contributed by atoms with E-state index in [4.69, 9.17) is 5.84 Å². The highest BCUT2D eigenvalue weighted by molar-refractivity contribution is 5.93. The van der Waals surface area contributed by atoms with E-state index in [1.165, 1.54) is 19.3 Å². The van der Waals surface area contributed by atoms with Crippen molar-refractivity contribution >= 4 is 11.7 Å². The number of pyridine rings is 1. The van der Waals surface area contributed by atoms with Crippen molar-refractivity contribution in [1.82, 2.24) is 10.3 Å². The first-order valence-electron chi connectivity index (χ1n) is 7.02. The summed E-state index contributed by atoms with van der Waals surface area (Å²) < 4.78 is 0. The van der Waals surface area contributed by atoms with Gasteiger partial charge in [-0.15, -0.1) is 0 Å². The van der Waals surface area contributed by atoms with Crippen molar-refractivity contribution in [1.29, 1.82) is 0 Å². The summed E-state index contributed by atoms with van der Waals surface area (Å²) in [6, 6.07) is 5.65. The second-order valence-electron chi connectivity index (χ2n) is 6.04. The van der Waals surface area contributed by atoms with E-state index in [2.05, 4.69) is 15.7 Å². The fourth-order valence-electron chi connectivity index (χ4n) is 4.39. The standard InChI is InChI=1S/C14H18N4O/c15-18-10-3-1-2-9(16-10)14(19)17-13-11-7-4-5-8(6-7)12(11)13/h1-3,7-8,11-13H,4-6,15H2,(H,16,18)(H,17,19). The molecule has 0 saturated heterocycles. The summed E-state index contributed by atoms with van der Waals surface area (Å²) in [6.45, 7) is 0. The van der Waals surface area contributed by atoms with Gasteiger partial charge in [0.05, 0.1) is 0 Å². The van der Waals surface area contributed by atoms with Gasteiger partial charge >= 0.3 is 0 Å². The molecule has 0 radical (unpaired) electrons. The Morgan fingerprint density at radius 1 is 1.26 bits per heavy atom. The van der Waals surface area contributed by atoms with Crippen molar-refractivity contribution in [3.63, 3.8) is 0 Å². The fraction of sp³-hybridized carbons (Fsp3) is 0.571. The minimum absolute atomic E-state index is 0.0732. The number of hydrazine groups is 1. The molecule has 4 unspecified atom stereocenters. The maximum absolute atomic E-state index is 12.2. The Hall–Kier alpha value is -1.62. The van der Waals surface area contributed by atoms with Crippen molar-refractivity contribution < 1.29 is 4.79 Å². The molecule has 4 atom stereocenters. The van der Waals surface area contributed by atoms with E-state index in [1.54, 1.807) is 18.2 Å². The number of nitrogens with one attached hydrogen (secondary N) is 2. The Balaban J connectivity index is 1.45. The van der Waals surface area contributed by atoms with E-state index >= 15 is 0 Å². The Labute approximate surface area is 111 Å². The number of hydrogen-bond acceptors (Lipinski definition) is 4. The first kappa shape index (κ1) is 11.2. The van der Waals surface area contributed by atoms with Gasteiger partial charge in [-0.2, -0.15) is 0 Å². The molecule has 1 amide bonds. The predicted molar refractivity (Wildman–Crippen MR) is 71.1 cm³/mol. The zero-order chi connectivity index (χ0) is 13.0. The number of fused-ring (bicyclic) bond motifs is 5. The van der Waals surface area contributed by atoms with Crippen LogP contribution in [0.2, 0.25) is 0 Å². The molecule has 4 N–H and O–H groups in total. The minimum Gasteiger partial charge on any atom is -0.347 e. The van der Waals surface area contributed by atoms with Gasteiger partial charge in [0.15, 0.2) is 0 Å². The van der Waals surface area contributed by atoms with Crippen molar-refractivity contribution in [2.45, 2.75) is 25.3 Å². The van der Waals surface area contributed by atoms with Gasteiger partial charge in [0.2, 0.25) is 0 Å². The van der Waals surface area contributed by atoms with Gasteiger partial charge in [-0.05, 0) is 55.1 Å². The van der Waals surface area contributed by atoms with Crippen LogP contribution in [0.4, 0.5) is 5.82 Å². The first-order valence-corrected chi connectivity index (χ1v) is 7.02. The summed E-state index contributed by atoms with van der Waals surface area (Å²) in [5, 5.41) is 3.15. The highest BCUT2D eigenvalue weighted by atomic mass is 16.2. The maximum Gasteiger partial charge on any atom is 0.270 e. The lowest BCUT2D eigenvalue weighted by Gasteiger charge is -2.10. The number of nitrogens with two attached hydrogens (primary N) is 1. The van der Waals surface area contributed by atoms with Crippen LogP contribution in [0.15, 0.2) is 18.2 Å². The minimum atomic E-state index is -0.0732. The zero-order valence-electron chi connectivity index (χ0n) is 10.7. The van der Waals surface area contributed by atoms with Crippen LogP contribution in [0.5, 0.6) is 0 Å². The molecule has 0 spiro atoms. The molecule has 5 heteroatoms. The third-order valence-electron chi connectivity index (χ3n) is 5.16. The number of carbonyl (C=O) groups excluding carboxylic acids is 1. The number of carbonyl (C=O) groups is 1. The molecular weight excluding hydrogens is 240 g/mol. The predicted octanol–water partition coefficient (Wildman–Crippen LogP) is 1.14. The fourth-order valence-corrected chi connectivity index (χ4v) is 4.39. The topological polar surface area (TPSA) is 80.0 Å². The third-order valence-corrected chi connectivity index (χ3v) is 5.16. The second-order valence-corrected chi connectivity index (χ2v) is 6.04. The van der Waals surface area contributed by atoms with E-state index in [-0.39, 0.29) is 5.91 Å². The summed E-state index contributed by atoms with van der Waals surface area (Å²) in [6.07, 6.45) is 4.12. The normalized spacial score (nSPS) is 37.8. The average molecular weight is 258 g/mol. The van der Waals surface area contributed by atoms with E-state index in [1.807, 2.05) is 0 Å². The molecule has 0 aromatic carbocycles. The van der Waals surface area contributed by atoms with Gasteiger partial charge in [-0.3, -0.25) is 4.79 Å². The van der Waals surface area contributed by atoms with E-state index in [0.29, 0.717) is 17.6 Å². The number of aromatic nitrogens is 1. The van der Waals surface area contributed by atoms with Crippen LogP contribution < -0.4 is 16.6 Å². The van der Waals surface area contributed by atoms with Crippen LogP contribution in [0.25, 0.3) is 0 Å². The quantitative estimate of drug-likeness (QED) is 0.561. The summed E-state index contributed by atoms with van der Waals surface area (Å²) in [5.41, 5.74) is 2.90. The van der Waals surface area contributed by atoms with Crippen molar-refractivity contribution in [3.05, 3.63) is 23.9 Å². The maximum atomic E-state index is 12.2. The molecule has 4 rings (SSSR count). The molecule has 5 nitrogen and oxygen atoms in total. The third kappa shape index (κ3) is 1.64. The van der Waals surface area contributed by atoms with Gasteiger partial charge in [-0.1, -0.05) is 6.07 Å². The lowest BCUT2D eigenvalue weighted by Crippen LogP contribution is -2.30. The number of rotatable bonds is 3. The molecule has 19 heavy (non-hydrogen) atoms. The Morgan fingerprint density at radius 2 is 2.00 bits per heavy atom. The van der Waals surface area contributed by atoms with Crippen LogP contribution in [-0.4, -0.2) is 16.9 Å². The number of amides is 1. The van der Waals surface area contributed by atoms with Crippen LogP contribution >= 0.6 is 0 Å². The summed E-state index contributed by atoms with van der Waals surface area (Å²) >= 11 is 0. The number of anilines is 1. The van der Waals surface area contributed by atoms with Crippen LogP contribution in [0.3, 0.4) is 0 Å². The van der Waals surface area contributed by atoms with Gasteiger partial charge < -0.3 is 10.7 Å². The molecule has 1 aromatic heterocycles. The molecule has 0 aliphatic heterocycles. The van der Waals surface area contributed by atoms with Gasteiger partial charge in [0, 0.05) is 6.04 Å². The van der Waals surface area contributed by atoms with Gasteiger partial charge in [0.1, 0.15) is 11.5 Å². The molecule has 3 saturated carbocycles. The highest BCUT2D eigenvalue weighted by Gasteiger charge is 2.65. The van der Waals surface area contributed by atoms with Crippen LogP contribution in [0, 0.1) is 23.7 Å². The molecule has 3 aliphatic carbocycles. The largest absolute Gasteiger partial charge is 0.347 e. The monoisotopic (exact) mass is 258 g/mol.